The predicted molar refractivity (Wildman–Crippen MR) is 420 cm³/mol. The van der Waals surface area contributed by atoms with Crippen LogP contribution in [0.2, 0.25) is 0 Å². The molecule has 0 aliphatic heterocycles. The van der Waals surface area contributed by atoms with E-state index < -0.39 is 169 Å². The summed E-state index contributed by atoms with van der Waals surface area (Å²) in [4.78, 5) is 185. The highest BCUT2D eigenvalue weighted by Gasteiger charge is 2.43. The molecule has 28 nitrogen and oxygen atoms in total. The molecule has 0 spiro atoms. The van der Waals surface area contributed by atoms with Gasteiger partial charge in [-0.3, -0.25) is 62.3 Å². The van der Waals surface area contributed by atoms with Gasteiger partial charge in [-0.15, -0.1) is 0 Å². The number of carbonyl (C=O) groups is 13. The summed E-state index contributed by atoms with van der Waals surface area (Å²) in [7, 11) is 0. The zero-order valence-electron chi connectivity index (χ0n) is 73.1. The molecule has 111 heavy (non-hydrogen) atoms. The minimum Gasteiger partial charge on any atom is -0.460 e. The lowest BCUT2D eigenvalue weighted by atomic mass is 9.70. The number of unbranched alkanes of at least 4 members (excludes halogenated alkanes) is 2. The standard InChI is InChI=1S/C83H144N6O22/c1-71(2,3)103-62(94)35-44-80(45-36-63(95)104-72(4,5)6,46-37-64(96)105-73(7,8)9)57-58(90)32-47-81(86-59(91)31-29-28-30-56-85-89-84,48-33-60(92)87-82(50-38-65(97)106-74(10,11)12,51-39-66(98)107-75(13,14)15)52-40-67(99)108-76(16,17)18)49-34-61(93)88-83(53-41-68(100)109-77(19,20)21,54-42-69(101)110-78(22,23)24)55-43-70(102)111-79(25,26)27/h85H,28-57H2,1-27H3,(H2-,86,87,88,91,92,93)/p+1. The van der Waals surface area contributed by atoms with Gasteiger partial charge in [0, 0.05) is 107 Å². The van der Waals surface area contributed by atoms with Gasteiger partial charge in [0.1, 0.15) is 56.2 Å². The van der Waals surface area contributed by atoms with Crippen molar-refractivity contribution < 1.29 is 105 Å². The lowest BCUT2D eigenvalue weighted by Crippen LogP contribution is -2.53. The highest BCUT2D eigenvalue weighted by molar-refractivity contribution is 5.83. The number of diazo groups is 1. The largest absolute Gasteiger partial charge is 0.460 e. The molecular weight excluding hydrogens is 1430 g/mol. The SMILES string of the molecule is CC(C)(C)OC(=O)CCC(CCC(=O)OC(C)(C)C)(CCC(=O)OC(C)(C)C)CC(=O)CCC(CCC(=O)NC(CCC(=O)OC(C)(C)C)(CCC(=O)OC(C)(C)C)CCC(=O)OC(C)(C)C)(CCC(=O)NC(CCC(=O)OC(C)(C)C)(CCC(=O)OC(C)(C)C)CCC(=O)OC(C)(C)C)NC(=O)CCCCCN[N+]#N. The first-order valence-corrected chi connectivity index (χ1v) is 39.7. The third-order valence-corrected chi connectivity index (χ3v) is 16.8. The third-order valence-electron chi connectivity index (χ3n) is 16.8. The maximum Gasteiger partial charge on any atom is 0.306 e. The lowest BCUT2D eigenvalue weighted by molar-refractivity contribution is -0.159. The van der Waals surface area contributed by atoms with Crippen LogP contribution in [-0.2, 0) is 105 Å². The van der Waals surface area contributed by atoms with E-state index in [1.165, 1.54) is 0 Å². The van der Waals surface area contributed by atoms with Crippen LogP contribution < -0.4 is 21.4 Å². The van der Waals surface area contributed by atoms with E-state index >= 15 is 14.4 Å². The van der Waals surface area contributed by atoms with E-state index in [1.807, 2.05) is 0 Å². The zero-order chi connectivity index (χ0) is 86.1. The summed E-state index contributed by atoms with van der Waals surface area (Å²) in [6.45, 7) is 45.9. The van der Waals surface area contributed by atoms with Crippen molar-refractivity contribution in [1.29, 1.82) is 5.39 Å². The Morgan fingerprint density at radius 1 is 0.243 bits per heavy atom. The van der Waals surface area contributed by atoms with Crippen LogP contribution in [-0.4, -0.2) is 151 Å². The Morgan fingerprint density at radius 3 is 0.640 bits per heavy atom. The van der Waals surface area contributed by atoms with Gasteiger partial charge in [0.15, 0.2) is 0 Å². The monoisotopic (exact) mass is 1580 g/mol. The van der Waals surface area contributed by atoms with Crippen molar-refractivity contribution in [3.8, 4) is 0 Å². The molecule has 0 fully saturated rings. The van der Waals surface area contributed by atoms with Crippen LogP contribution in [0.5, 0.6) is 0 Å². The number of rotatable bonds is 47. The number of nitrogens with zero attached hydrogens (tertiary/aromatic N) is 2. The molecule has 0 saturated carbocycles. The van der Waals surface area contributed by atoms with E-state index in [1.54, 1.807) is 187 Å². The average molecular weight is 1580 g/mol. The van der Waals surface area contributed by atoms with Crippen LogP contribution in [0.1, 0.15) is 373 Å². The summed E-state index contributed by atoms with van der Waals surface area (Å²) < 4.78 is 51.6. The van der Waals surface area contributed by atoms with E-state index in [4.69, 9.17) is 48.0 Å². The summed E-state index contributed by atoms with van der Waals surface area (Å²) in [6.07, 6.45) is -5.24. The quantitative estimate of drug-likeness (QED) is 0.0144. The molecule has 0 rings (SSSR count). The van der Waals surface area contributed by atoms with E-state index in [9.17, 15) is 47.9 Å². The fourth-order valence-corrected chi connectivity index (χ4v) is 12.4. The van der Waals surface area contributed by atoms with Crippen LogP contribution in [0, 0.1) is 10.8 Å². The van der Waals surface area contributed by atoms with Crippen molar-refractivity contribution in [1.82, 2.24) is 21.4 Å². The second-order valence-corrected chi connectivity index (χ2v) is 38.8. The van der Waals surface area contributed by atoms with Crippen LogP contribution in [0.25, 0.3) is 5.08 Å². The smallest absolute Gasteiger partial charge is 0.306 e. The Hall–Kier alpha value is -7.47. The zero-order valence-corrected chi connectivity index (χ0v) is 73.1. The Balaban J connectivity index is 9.29. The summed E-state index contributed by atoms with van der Waals surface area (Å²) in [5, 5.41) is 21.4. The minimum atomic E-state index is -1.72. The summed E-state index contributed by atoms with van der Waals surface area (Å²) in [5.74, 6) is -8.17. The molecule has 28 heteroatoms. The molecule has 0 atom stereocenters. The van der Waals surface area contributed by atoms with E-state index in [0.717, 1.165) is 0 Å². The van der Waals surface area contributed by atoms with Crippen LogP contribution in [0.4, 0.5) is 0 Å². The molecule has 638 valence electrons. The van der Waals surface area contributed by atoms with Crippen LogP contribution in [0.15, 0.2) is 0 Å². The van der Waals surface area contributed by atoms with Gasteiger partial charge < -0.3 is 58.6 Å². The topological polar surface area (TPSA) is 381 Å². The van der Waals surface area contributed by atoms with Gasteiger partial charge in [0.05, 0.1) is 6.54 Å². The summed E-state index contributed by atoms with van der Waals surface area (Å²) >= 11 is 0. The Labute approximate surface area is 663 Å². The number of hydrogen-bond acceptors (Lipinski definition) is 24. The first-order chi connectivity index (χ1) is 50.2. The number of amides is 3. The lowest BCUT2D eigenvalue weighted by Gasteiger charge is -2.39. The summed E-state index contributed by atoms with van der Waals surface area (Å²) in [6, 6.07) is 0. The second-order valence-electron chi connectivity index (χ2n) is 38.8. The second kappa shape index (κ2) is 44.8. The van der Waals surface area contributed by atoms with Gasteiger partial charge in [-0.25, -0.2) is 0 Å². The average Bonchev–Trinajstić information content (AvgIpc) is 0.830. The third kappa shape index (κ3) is 54.8. The molecule has 0 aliphatic carbocycles. The minimum absolute atomic E-state index is 0.0571. The van der Waals surface area contributed by atoms with Crippen molar-refractivity contribution >= 4 is 77.2 Å². The highest BCUT2D eigenvalue weighted by Crippen LogP contribution is 2.42. The number of nitrogens with one attached hydrogen (secondary N) is 4. The van der Waals surface area contributed by atoms with Gasteiger partial charge in [0.2, 0.25) is 17.7 Å². The molecule has 0 aromatic carbocycles. The molecule has 0 unspecified atom stereocenters. The molecule has 0 heterocycles. The number of hydrogen-bond donors (Lipinski definition) is 4. The van der Waals surface area contributed by atoms with Gasteiger partial charge in [-0.2, -0.15) is 0 Å². The molecule has 0 radical (unpaired) electrons. The Bertz CT molecular complexity index is 2580. The molecule has 3 amide bonds. The van der Waals surface area contributed by atoms with Crippen LogP contribution in [0.3, 0.4) is 0 Å². The van der Waals surface area contributed by atoms with Crippen LogP contribution >= 0.6 is 0 Å². The van der Waals surface area contributed by atoms with Crippen molar-refractivity contribution in [2.75, 3.05) is 6.54 Å². The number of carbonyl (C=O) groups excluding carboxylic acids is 13. The Kier molecular flexibility index (Phi) is 41.8. The molecule has 0 aromatic rings. The summed E-state index contributed by atoms with van der Waals surface area (Å²) in [5.41, 5.74) is -12.0. The van der Waals surface area contributed by atoms with Gasteiger partial charge in [-0.05, 0) is 288 Å². The highest BCUT2D eigenvalue weighted by atomic mass is 16.6. The number of Topliss-reactive ketones (excluding diaryl/α,β-unsaturated/α-hetero) is 1. The predicted octanol–water partition coefficient (Wildman–Crippen LogP) is 14.9. The number of esters is 9. The van der Waals surface area contributed by atoms with E-state index in [2.05, 4.69) is 26.5 Å². The van der Waals surface area contributed by atoms with Crippen molar-refractivity contribution in [3.05, 3.63) is 5.08 Å². The fraction of sp³-hybridized carbons (Fsp3) is 0.843. The van der Waals surface area contributed by atoms with E-state index in [0.29, 0.717) is 12.8 Å². The molecule has 0 bridgehead atoms. The van der Waals surface area contributed by atoms with Gasteiger partial charge in [0.25, 0.3) is 5.39 Å². The molecule has 0 aliphatic rings. The van der Waals surface area contributed by atoms with Gasteiger partial charge in [-0.1, -0.05) is 6.42 Å². The maximum atomic E-state index is 15.6. The molecular formula is C83H145N6O22+. The van der Waals surface area contributed by atoms with Crippen molar-refractivity contribution in [3.63, 3.8) is 0 Å². The normalized spacial score (nSPS) is 12.9. The molecule has 0 saturated heterocycles. The number of ether oxygens (including phenoxy) is 9. The van der Waals surface area contributed by atoms with E-state index in [-0.39, 0.29) is 161 Å². The molecule has 0 aromatic heterocycles. The first kappa shape index (κ1) is 104. The van der Waals surface area contributed by atoms with Gasteiger partial charge >= 0.3 is 58.8 Å². The Morgan fingerprint density at radius 2 is 0.432 bits per heavy atom. The number of ketones is 1. The van der Waals surface area contributed by atoms with Crippen molar-refractivity contribution in [2.45, 2.75) is 440 Å². The fourth-order valence-electron chi connectivity index (χ4n) is 12.4. The maximum absolute atomic E-state index is 15.6. The first-order valence-electron chi connectivity index (χ1n) is 39.7. The molecule has 4 N–H and O–H groups in total. The van der Waals surface area contributed by atoms with Crippen molar-refractivity contribution in [2.24, 2.45) is 5.41 Å².